The van der Waals surface area contributed by atoms with Crippen LogP contribution in [0.3, 0.4) is 0 Å². The zero-order chi connectivity index (χ0) is 7.72. The predicted octanol–water partition coefficient (Wildman–Crippen LogP) is 1.69. The number of hydrogen-bond acceptors (Lipinski definition) is 1. The van der Waals surface area contributed by atoms with E-state index in [0.29, 0.717) is 5.15 Å². The van der Waals surface area contributed by atoms with Crippen LogP contribution >= 0.6 is 22.5 Å². The van der Waals surface area contributed by atoms with E-state index in [4.69, 9.17) is 11.6 Å². The van der Waals surface area contributed by atoms with Gasteiger partial charge in [-0.15, -0.1) is 0 Å². The van der Waals surface area contributed by atoms with Gasteiger partial charge in [0.05, 0.1) is 5.03 Å². The van der Waals surface area contributed by atoms with Crippen LogP contribution in [0.25, 0.3) is 0 Å². The lowest BCUT2D eigenvalue weighted by Crippen LogP contribution is -1.93. The van der Waals surface area contributed by atoms with Crippen molar-refractivity contribution in [3.05, 3.63) is 11.2 Å². The smallest absolute Gasteiger partial charge is 0.152 e. The van der Waals surface area contributed by atoms with E-state index in [2.05, 4.69) is 17.6 Å². The highest BCUT2D eigenvalue weighted by Gasteiger charge is 2.02. The maximum absolute atomic E-state index is 5.69. The van der Waals surface area contributed by atoms with E-state index in [0.717, 1.165) is 0 Å². The molecule has 0 aliphatic rings. The Labute approximate surface area is 68.5 Å². The standard InChI is InChI=1S/C6H11ClN2S/c1-9-6(10(2)3)4-5(7)8-9/h4,10H,1-3H3. The fourth-order valence-corrected chi connectivity index (χ4v) is 2.14. The van der Waals surface area contributed by atoms with Crippen LogP contribution in [0.2, 0.25) is 5.15 Å². The summed E-state index contributed by atoms with van der Waals surface area (Å²) in [5.41, 5.74) is 0. The van der Waals surface area contributed by atoms with E-state index in [1.54, 1.807) is 0 Å². The summed E-state index contributed by atoms with van der Waals surface area (Å²) in [7, 11) is 1.84. The topological polar surface area (TPSA) is 17.8 Å². The minimum atomic E-state index is -0.0796. The van der Waals surface area contributed by atoms with Gasteiger partial charge < -0.3 is 0 Å². The van der Waals surface area contributed by atoms with Gasteiger partial charge in [-0.2, -0.15) is 5.10 Å². The Balaban J connectivity index is 3.03. The van der Waals surface area contributed by atoms with Crippen molar-refractivity contribution in [2.75, 3.05) is 12.5 Å². The third-order valence-electron chi connectivity index (χ3n) is 1.28. The molecule has 0 aromatic carbocycles. The van der Waals surface area contributed by atoms with Crippen molar-refractivity contribution in [1.82, 2.24) is 9.78 Å². The largest absolute Gasteiger partial charge is 0.262 e. The van der Waals surface area contributed by atoms with Gasteiger partial charge in [-0.05, 0) is 12.5 Å². The number of halogens is 1. The molecular formula is C6H11ClN2S. The van der Waals surface area contributed by atoms with Crippen LogP contribution < -0.4 is 0 Å². The van der Waals surface area contributed by atoms with E-state index in [-0.39, 0.29) is 10.9 Å². The molecule has 1 heterocycles. The van der Waals surface area contributed by atoms with E-state index in [1.807, 2.05) is 17.8 Å². The first-order chi connectivity index (χ1) is 4.61. The number of hydrogen-bond donors (Lipinski definition) is 1. The number of thiol groups is 1. The minimum Gasteiger partial charge on any atom is -0.262 e. The van der Waals surface area contributed by atoms with Crippen molar-refractivity contribution in [3.63, 3.8) is 0 Å². The Kier molecular flexibility index (Phi) is 2.26. The van der Waals surface area contributed by atoms with Crippen LogP contribution in [0.4, 0.5) is 0 Å². The van der Waals surface area contributed by atoms with Crippen molar-refractivity contribution in [2.24, 2.45) is 7.05 Å². The molecule has 0 fully saturated rings. The van der Waals surface area contributed by atoms with Crippen molar-refractivity contribution in [1.29, 1.82) is 0 Å². The SMILES string of the molecule is Cn1nc(Cl)cc1[SH](C)C. The molecule has 0 spiro atoms. The maximum atomic E-state index is 5.69. The maximum Gasteiger partial charge on any atom is 0.152 e. The molecule has 0 atom stereocenters. The highest BCUT2D eigenvalue weighted by Crippen LogP contribution is 2.28. The monoisotopic (exact) mass is 178 g/mol. The van der Waals surface area contributed by atoms with Crippen LogP contribution in [0, 0.1) is 0 Å². The first-order valence-corrected chi connectivity index (χ1v) is 5.59. The molecule has 1 rings (SSSR count). The summed E-state index contributed by atoms with van der Waals surface area (Å²) in [5, 5.41) is 5.86. The summed E-state index contributed by atoms with van der Waals surface area (Å²) >= 11 is 5.69. The molecular weight excluding hydrogens is 168 g/mol. The molecule has 0 aliphatic heterocycles. The van der Waals surface area contributed by atoms with Crippen LogP contribution in [0.5, 0.6) is 0 Å². The Morgan fingerprint density at radius 3 is 2.40 bits per heavy atom. The lowest BCUT2D eigenvalue weighted by molar-refractivity contribution is 0.698. The zero-order valence-corrected chi connectivity index (χ0v) is 7.95. The number of aromatic nitrogens is 2. The van der Waals surface area contributed by atoms with E-state index in [1.165, 1.54) is 5.03 Å². The molecule has 1 aromatic rings. The van der Waals surface area contributed by atoms with Gasteiger partial charge in [0, 0.05) is 13.1 Å². The van der Waals surface area contributed by atoms with Gasteiger partial charge in [0.2, 0.25) is 0 Å². The minimum absolute atomic E-state index is 0.0796. The molecule has 1 aromatic heterocycles. The van der Waals surface area contributed by atoms with E-state index >= 15 is 0 Å². The van der Waals surface area contributed by atoms with Crippen molar-refractivity contribution < 1.29 is 0 Å². The third-order valence-corrected chi connectivity index (χ3v) is 2.80. The fraction of sp³-hybridized carbons (Fsp3) is 0.500. The molecule has 0 N–H and O–H groups in total. The molecule has 0 saturated carbocycles. The number of rotatable bonds is 1. The summed E-state index contributed by atoms with van der Waals surface area (Å²) in [6, 6.07) is 1.92. The van der Waals surface area contributed by atoms with Gasteiger partial charge in [0.25, 0.3) is 0 Å². The second kappa shape index (κ2) is 2.84. The summed E-state index contributed by atoms with van der Waals surface area (Å²) in [4.78, 5) is 0. The Morgan fingerprint density at radius 1 is 1.60 bits per heavy atom. The van der Waals surface area contributed by atoms with Gasteiger partial charge in [-0.3, -0.25) is 4.68 Å². The molecule has 2 nitrogen and oxygen atoms in total. The summed E-state index contributed by atoms with van der Waals surface area (Å²) in [5.74, 6) is 0. The Hall–Kier alpha value is -0.150. The quantitative estimate of drug-likeness (QED) is 0.649. The highest BCUT2D eigenvalue weighted by molar-refractivity contribution is 8.15. The van der Waals surface area contributed by atoms with Crippen LogP contribution in [0.15, 0.2) is 11.1 Å². The summed E-state index contributed by atoms with van der Waals surface area (Å²) in [6.45, 7) is 0. The van der Waals surface area contributed by atoms with Crippen molar-refractivity contribution >= 4 is 22.5 Å². The average molecular weight is 179 g/mol. The molecule has 0 aliphatic carbocycles. The lowest BCUT2D eigenvalue weighted by Gasteiger charge is -2.07. The summed E-state index contributed by atoms with van der Waals surface area (Å²) < 4.78 is 1.84. The zero-order valence-electron chi connectivity index (χ0n) is 6.30. The molecule has 0 radical (unpaired) electrons. The first-order valence-electron chi connectivity index (χ1n) is 2.98. The molecule has 4 heteroatoms. The van der Waals surface area contributed by atoms with Crippen LogP contribution in [0.1, 0.15) is 0 Å². The second-order valence-electron chi connectivity index (χ2n) is 2.34. The van der Waals surface area contributed by atoms with Gasteiger partial charge in [0.1, 0.15) is 0 Å². The van der Waals surface area contributed by atoms with E-state index in [9.17, 15) is 0 Å². The van der Waals surface area contributed by atoms with Crippen LogP contribution in [-0.4, -0.2) is 22.3 Å². The summed E-state index contributed by atoms with van der Waals surface area (Å²) in [6.07, 6.45) is 4.37. The van der Waals surface area contributed by atoms with Crippen LogP contribution in [-0.2, 0) is 7.05 Å². The fourth-order valence-electron chi connectivity index (χ4n) is 0.842. The molecule has 0 unspecified atom stereocenters. The second-order valence-corrected chi connectivity index (χ2v) is 4.98. The third kappa shape index (κ3) is 1.47. The lowest BCUT2D eigenvalue weighted by atomic mass is 10.7. The Bertz CT molecular complexity index is 232. The predicted molar refractivity (Wildman–Crippen MR) is 47.3 cm³/mol. The highest BCUT2D eigenvalue weighted by atomic mass is 35.5. The average Bonchev–Trinajstić information content (AvgIpc) is 2.10. The normalized spacial score (nSPS) is 11.8. The first kappa shape index (κ1) is 7.95. The van der Waals surface area contributed by atoms with Gasteiger partial charge in [-0.1, -0.05) is 11.6 Å². The molecule has 10 heavy (non-hydrogen) atoms. The molecule has 0 saturated heterocycles. The van der Waals surface area contributed by atoms with Gasteiger partial charge >= 0.3 is 0 Å². The molecule has 0 amide bonds. The van der Waals surface area contributed by atoms with Crippen molar-refractivity contribution in [2.45, 2.75) is 5.03 Å². The van der Waals surface area contributed by atoms with Crippen molar-refractivity contribution in [3.8, 4) is 0 Å². The Morgan fingerprint density at radius 2 is 2.20 bits per heavy atom. The number of aryl methyl sites for hydroxylation is 1. The molecule has 58 valence electrons. The number of nitrogens with zero attached hydrogens (tertiary/aromatic N) is 2. The van der Waals surface area contributed by atoms with Gasteiger partial charge in [0.15, 0.2) is 5.15 Å². The van der Waals surface area contributed by atoms with Gasteiger partial charge in [-0.25, -0.2) is 10.9 Å². The van der Waals surface area contributed by atoms with E-state index < -0.39 is 0 Å². The molecule has 0 bridgehead atoms.